The van der Waals surface area contributed by atoms with Crippen LogP contribution >= 0.6 is 0 Å². The highest BCUT2D eigenvalue weighted by molar-refractivity contribution is 5.68. The summed E-state index contributed by atoms with van der Waals surface area (Å²) in [5, 5.41) is 8.82. The molecule has 1 aromatic rings. The molecule has 0 aliphatic carbocycles. The monoisotopic (exact) mass is 247 g/mol. The molecule has 0 radical (unpaired) electrons. The Balaban J connectivity index is 3.03. The lowest BCUT2D eigenvalue weighted by Crippen LogP contribution is -2.28. The first-order valence-corrected chi connectivity index (χ1v) is 6.26. The first kappa shape index (κ1) is 14.3. The highest BCUT2D eigenvalue weighted by atomic mass is 16.4. The molecule has 0 aromatic heterocycles. The van der Waals surface area contributed by atoms with Crippen molar-refractivity contribution in [2.45, 2.75) is 26.7 Å². The van der Waals surface area contributed by atoms with Gasteiger partial charge >= 0.3 is 5.97 Å². The third-order valence-electron chi connectivity index (χ3n) is 2.96. The Kier molecular flexibility index (Phi) is 5.43. The largest absolute Gasteiger partial charge is 0.481 e. The zero-order valence-corrected chi connectivity index (χ0v) is 11.1. The molecule has 0 atom stereocenters. The number of hydrogen-bond donors (Lipinski definition) is 1. The fraction of sp³-hybridized carbons (Fsp3) is 0.400. The Hall–Kier alpha value is -1.77. The van der Waals surface area contributed by atoms with E-state index >= 15 is 0 Å². The average molecular weight is 247 g/mol. The summed E-state index contributed by atoms with van der Waals surface area (Å²) in [5.41, 5.74) is 3.59. The van der Waals surface area contributed by atoms with Gasteiger partial charge in [0, 0.05) is 18.8 Å². The third-order valence-corrected chi connectivity index (χ3v) is 2.96. The van der Waals surface area contributed by atoms with E-state index in [2.05, 4.69) is 37.5 Å². The number of rotatable bonds is 7. The maximum absolute atomic E-state index is 10.7. The highest BCUT2D eigenvalue weighted by Gasteiger charge is 2.13. The Bertz CT molecular complexity index is 427. The summed E-state index contributed by atoms with van der Waals surface area (Å²) in [4.78, 5) is 12.8. The van der Waals surface area contributed by atoms with Crippen LogP contribution in [0.1, 0.15) is 24.5 Å². The van der Waals surface area contributed by atoms with Crippen molar-refractivity contribution in [3.63, 3.8) is 0 Å². The van der Waals surface area contributed by atoms with Crippen LogP contribution in [0, 0.1) is 6.92 Å². The third kappa shape index (κ3) is 3.62. The number of nitrogens with zero attached hydrogens (tertiary/aromatic N) is 1. The number of carboxylic acid groups (broad SMARTS) is 1. The number of hydrogen-bond acceptors (Lipinski definition) is 2. The summed E-state index contributed by atoms with van der Waals surface area (Å²) < 4.78 is 0. The van der Waals surface area contributed by atoms with Crippen LogP contribution in [0.5, 0.6) is 0 Å². The average Bonchev–Trinajstić information content (AvgIpc) is 2.34. The van der Waals surface area contributed by atoms with Crippen molar-refractivity contribution in [1.82, 2.24) is 0 Å². The molecule has 0 aliphatic heterocycles. The normalized spacial score (nSPS) is 10.1. The minimum Gasteiger partial charge on any atom is -0.481 e. The molecule has 98 valence electrons. The van der Waals surface area contributed by atoms with E-state index in [0.717, 1.165) is 12.1 Å². The summed E-state index contributed by atoms with van der Waals surface area (Å²) in [6, 6.07) is 6.20. The molecule has 0 amide bonds. The smallest absolute Gasteiger partial charge is 0.305 e. The summed E-state index contributed by atoms with van der Waals surface area (Å²) in [7, 11) is 0. The van der Waals surface area contributed by atoms with Gasteiger partial charge in [0.25, 0.3) is 0 Å². The fourth-order valence-electron chi connectivity index (χ4n) is 2.14. The van der Waals surface area contributed by atoms with Crippen molar-refractivity contribution in [2.24, 2.45) is 0 Å². The second-order valence-electron chi connectivity index (χ2n) is 4.31. The van der Waals surface area contributed by atoms with Crippen LogP contribution < -0.4 is 4.90 Å². The van der Waals surface area contributed by atoms with Gasteiger partial charge in [0.2, 0.25) is 0 Å². The second kappa shape index (κ2) is 6.84. The van der Waals surface area contributed by atoms with Crippen molar-refractivity contribution < 1.29 is 9.90 Å². The second-order valence-corrected chi connectivity index (χ2v) is 4.31. The van der Waals surface area contributed by atoms with E-state index in [1.54, 1.807) is 0 Å². The standard InChI is InChI=1S/C15H21NO2/c1-4-10-16(11-9-14(17)18)15-12(3)7-6-8-13(15)5-2/h4,6-8H,1,5,9-11H2,2-3H3,(H,17,18). The van der Waals surface area contributed by atoms with Crippen LogP contribution in [0.2, 0.25) is 0 Å². The Morgan fingerprint density at radius 3 is 2.78 bits per heavy atom. The Morgan fingerprint density at radius 2 is 2.22 bits per heavy atom. The van der Waals surface area contributed by atoms with Gasteiger partial charge in [0.15, 0.2) is 0 Å². The van der Waals surface area contributed by atoms with Crippen molar-refractivity contribution in [3.05, 3.63) is 42.0 Å². The lowest BCUT2D eigenvalue weighted by Gasteiger charge is -2.27. The topological polar surface area (TPSA) is 40.5 Å². The maximum atomic E-state index is 10.7. The fourth-order valence-corrected chi connectivity index (χ4v) is 2.14. The zero-order chi connectivity index (χ0) is 13.5. The molecule has 0 aliphatic rings. The summed E-state index contributed by atoms with van der Waals surface area (Å²) in [6.45, 7) is 9.11. The van der Waals surface area contributed by atoms with Gasteiger partial charge in [-0.15, -0.1) is 6.58 Å². The Morgan fingerprint density at radius 1 is 1.50 bits per heavy atom. The van der Waals surface area contributed by atoms with Crippen LogP contribution in [-0.2, 0) is 11.2 Å². The van der Waals surface area contributed by atoms with Gasteiger partial charge < -0.3 is 10.0 Å². The lowest BCUT2D eigenvalue weighted by molar-refractivity contribution is -0.136. The molecule has 3 heteroatoms. The van der Waals surface area contributed by atoms with Crippen LogP contribution in [0.4, 0.5) is 5.69 Å². The van der Waals surface area contributed by atoms with E-state index in [-0.39, 0.29) is 6.42 Å². The molecule has 18 heavy (non-hydrogen) atoms. The molecule has 0 heterocycles. The number of anilines is 1. The minimum atomic E-state index is -0.768. The predicted molar refractivity (Wildman–Crippen MR) is 75.2 cm³/mol. The predicted octanol–water partition coefficient (Wildman–Crippen LogP) is 3.02. The number of para-hydroxylation sites is 1. The Labute approximate surface area is 109 Å². The molecule has 0 bridgehead atoms. The molecule has 1 rings (SSSR count). The van der Waals surface area contributed by atoms with Crippen LogP contribution in [0.25, 0.3) is 0 Å². The summed E-state index contributed by atoms with van der Waals surface area (Å²) in [5.74, 6) is -0.768. The number of carboxylic acids is 1. The number of aliphatic carboxylic acids is 1. The van der Waals surface area contributed by atoms with E-state index in [4.69, 9.17) is 5.11 Å². The van der Waals surface area contributed by atoms with Crippen molar-refractivity contribution >= 4 is 11.7 Å². The summed E-state index contributed by atoms with van der Waals surface area (Å²) >= 11 is 0. The van der Waals surface area contributed by atoms with Gasteiger partial charge in [0.1, 0.15) is 0 Å². The summed E-state index contributed by atoms with van der Waals surface area (Å²) in [6.07, 6.45) is 2.90. The molecule has 0 unspecified atom stereocenters. The van der Waals surface area contributed by atoms with E-state index in [0.29, 0.717) is 13.1 Å². The first-order valence-electron chi connectivity index (χ1n) is 6.26. The SMILES string of the molecule is C=CCN(CCC(=O)O)c1c(C)cccc1CC. The molecule has 1 aromatic carbocycles. The van der Waals surface area contributed by atoms with Gasteiger partial charge in [-0.2, -0.15) is 0 Å². The minimum absolute atomic E-state index is 0.144. The molecular weight excluding hydrogens is 226 g/mol. The van der Waals surface area contributed by atoms with Gasteiger partial charge in [-0.05, 0) is 24.5 Å². The van der Waals surface area contributed by atoms with Gasteiger partial charge in [-0.3, -0.25) is 4.79 Å². The molecular formula is C15H21NO2. The molecule has 3 nitrogen and oxygen atoms in total. The molecule has 1 N–H and O–H groups in total. The van der Waals surface area contributed by atoms with Gasteiger partial charge in [-0.1, -0.05) is 31.2 Å². The van der Waals surface area contributed by atoms with Crippen LogP contribution in [0.3, 0.4) is 0 Å². The van der Waals surface area contributed by atoms with E-state index in [1.165, 1.54) is 11.1 Å². The van der Waals surface area contributed by atoms with Crippen molar-refractivity contribution in [1.29, 1.82) is 0 Å². The van der Waals surface area contributed by atoms with Crippen LogP contribution in [-0.4, -0.2) is 24.2 Å². The zero-order valence-electron chi connectivity index (χ0n) is 11.1. The van der Waals surface area contributed by atoms with E-state index < -0.39 is 5.97 Å². The lowest BCUT2D eigenvalue weighted by atomic mass is 10.0. The van der Waals surface area contributed by atoms with E-state index in [1.807, 2.05) is 12.1 Å². The van der Waals surface area contributed by atoms with Gasteiger partial charge in [-0.25, -0.2) is 0 Å². The van der Waals surface area contributed by atoms with Gasteiger partial charge in [0.05, 0.1) is 6.42 Å². The van der Waals surface area contributed by atoms with Crippen LogP contribution in [0.15, 0.2) is 30.9 Å². The quantitative estimate of drug-likeness (QED) is 0.753. The van der Waals surface area contributed by atoms with Crippen molar-refractivity contribution in [3.8, 4) is 0 Å². The molecule has 0 spiro atoms. The number of benzene rings is 1. The van der Waals surface area contributed by atoms with Crippen molar-refractivity contribution in [2.75, 3.05) is 18.0 Å². The number of carbonyl (C=O) groups is 1. The maximum Gasteiger partial charge on any atom is 0.305 e. The number of aryl methyl sites for hydroxylation is 2. The molecule has 0 saturated carbocycles. The highest BCUT2D eigenvalue weighted by Crippen LogP contribution is 2.25. The van der Waals surface area contributed by atoms with E-state index in [9.17, 15) is 4.79 Å². The first-order chi connectivity index (χ1) is 8.60. The molecule has 0 saturated heterocycles. The molecule has 0 fully saturated rings.